The minimum Gasteiger partial charge on any atom is -0.382 e. The van der Waals surface area contributed by atoms with Crippen LogP contribution in [0.15, 0.2) is 0 Å². The third kappa shape index (κ3) is 9.92. The Morgan fingerprint density at radius 3 is 2.20 bits per heavy atom. The molecule has 0 aromatic rings. The summed E-state index contributed by atoms with van der Waals surface area (Å²) < 4.78 is 15.5. The minimum atomic E-state index is 0. The average molecular weight is 360 g/mol. The van der Waals surface area contributed by atoms with Crippen molar-refractivity contribution >= 4 is 11.7 Å². The molecule has 0 aliphatic heterocycles. The van der Waals surface area contributed by atoms with Crippen molar-refractivity contribution in [2.75, 3.05) is 46.7 Å². The van der Waals surface area contributed by atoms with Crippen molar-refractivity contribution in [3.8, 4) is 0 Å². The molecule has 0 saturated heterocycles. The van der Waals surface area contributed by atoms with E-state index in [1.54, 1.807) is 7.11 Å². The third-order valence-corrected chi connectivity index (χ3v) is 4.68. The van der Waals surface area contributed by atoms with Crippen LogP contribution in [0, 0.1) is 17.8 Å². The van der Waals surface area contributed by atoms with Crippen LogP contribution in [0.25, 0.3) is 0 Å². The van der Waals surface area contributed by atoms with Gasteiger partial charge >= 0.3 is 0 Å². The maximum atomic E-state index is 12.0. The molecule has 1 amide bonds. The number of Topliss-reactive ketones (excluding diaryl/α,β-unsaturated/α-hetero) is 1. The van der Waals surface area contributed by atoms with Gasteiger partial charge in [-0.2, -0.15) is 0 Å². The summed E-state index contributed by atoms with van der Waals surface area (Å²) in [5.74, 6) is 1.28. The molecule has 1 saturated carbocycles. The number of ketones is 1. The van der Waals surface area contributed by atoms with Crippen LogP contribution in [0.5, 0.6) is 0 Å². The minimum absolute atomic E-state index is 0. The van der Waals surface area contributed by atoms with Crippen molar-refractivity contribution in [3.05, 3.63) is 0 Å². The molecule has 1 aliphatic rings. The second kappa shape index (κ2) is 13.3. The van der Waals surface area contributed by atoms with Gasteiger partial charge in [-0.1, -0.05) is 13.8 Å². The predicted octanol–water partition coefficient (Wildman–Crippen LogP) is 2.45. The number of carbonyl (C=O) groups is 2. The first kappa shape index (κ1) is 22.1. The maximum Gasteiger partial charge on any atom is 0.222 e. The fraction of sp³-hybridized carbons (Fsp3) is 0.895. The van der Waals surface area contributed by atoms with Gasteiger partial charge in [0.2, 0.25) is 5.91 Å². The van der Waals surface area contributed by atoms with Crippen LogP contribution in [0.4, 0.5) is 0 Å². The molecule has 1 rings (SSSR count). The molecular formula is C19H37NO5. The summed E-state index contributed by atoms with van der Waals surface area (Å²) in [5, 5.41) is 2.99. The topological polar surface area (TPSA) is 73.9 Å². The van der Waals surface area contributed by atoms with E-state index in [4.69, 9.17) is 14.2 Å². The summed E-state index contributed by atoms with van der Waals surface area (Å²) in [6.07, 6.45) is 4.35. The zero-order valence-electron chi connectivity index (χ0n) is 16.1. The molecule has 25 heavy (non-hydrogen) atoms. The van der Waals surface area contributed by atoms with E-state index >= 15 is 0 Å². The first-order valence-corrected chi connectivity index (χ1v) is 9.49. The number of rotatable bonds is 13. The molecule has 0 bridgehead atoms. The Hall–Kier alpha value is -0.980. The van der Waals surface area contributed by atoms with Gasteiger partial charge in [0.05, 0.1) is 33.0 Å². The van der Waals surface area contributed by atoms with Crippen molar-refractivity contribution < 1.29 is 25.2 Å². The molecule has 148 valence electrons. The summed E-state index contributed by atoms with van der Waals surface area (Å²) in [6.45, 7) is 7.22. The summed E-state index contributed by atoms with van der Waals surface area (Å²) in [6, 6.07) is 0. The van der Waals surface area contributed by atoms with Gasteiger partial charge in [0.25, 0.3) is 0 Å². The van der Waals surface area contributed by atoms with Crippen LogP contribution < -0.4 is 5.32 Å². The second-order valence-corrected chi connectivity index (χ2v) is 7.05. The largest absolute Gasteiger partial charge is 0.382 e. The van der Waals surface area contributed by atoms with Crippen LogP contribution in [0.2, 0.25) is 0 Å². The Balaban J connectivity index is 0.00000625. The fourth-order valence-electron chi connectivity index (χ4n) is 3.10. The molecule has 0 atom stereocenters. The molecule has 0 aromatic heterocycles. The lowest BCUT2D eigenvalue weighted by molar-refractivity contribution is -0.127. The highest BCUT2D eigenvalue weighted by molar-refractivity contribution is 5.82. The highest BCUT2D eigenvalue weighted by Crippen LogP contribution is 2.30. The maximum absolute atomic E-state index is 12.0. The van der Waals surface area contributed by atoms with E-state index in [-0.39, 0.29) is 19.2 Å². The summed E-state index contributed by atoms with van der Waals surface area (Å²) >= 11 is 0. The number of hydrogen-bond acceptors (Lipinski definition) is 5. The van der Waals surface area contributed by atoms with E-state index in [0.717, 1.165) is 25.7 Å². The fourth-order valence-corrected chi connectivity index (χ4v) is 3.10. The number of nitrogens with one attached hydrogen (secondary N) is 1. The Labute approximate surface area is 153 Å². The summed E-state index contributed by atoms with van der Waals surface area (Å²) in [4.78, 5) is 23.8. The lowest BCUT2D eigenvalue weighted by atomic mass is 9.78. The zero-order chi connectivity index (χ0) is 18.5. The molecule has 1 aliphatic carbocycles. The molecule has 1 fully saturated rings. The molecule has 6 heteroatoms. The van der Waals surface area contributed by atoms with Crippen LogP contribution in [-0.4, -0.2) is 58.4 Å². The Kier molecular flexibility index (Phi) is 11.7. The van der Waals surface area contributed by atoms with Gasteiger partial charge in [-0.3, -0.25) is 9.59 Å². The molecule has 0 radical (unpaired) electrons. The Morgan fingerprint density at radius 1 is 1.00 bits per heavy atom. The molecule has 0 unspecified atom stereocenters. The summed E-state index contributed by atoms with van der Waals surface area (Å²) in [7, 11) is 1.63. The van der Waals surface area contributed by atoms with E-state index in [1.165, 1.54) is 0 Å². The van der Waals surface area contributed by atoms with E-state index in [9.17, 15) is 9.59 Å². The molecule has 6 nitrogen and oxygen atoms in total. The molecule has 1 N–H and O–H groups in total. The van der Waals surface area contributed by atoms with Gasteiger partial charge in [-0.05, 0) is 31.6 Å². The van der Waals surface area contributed by atoms with Crippen LogP contribution >= 0.6 is 0 Å². The van der Waals surface area contributed by atoms with Crippen molar-refractivity contribution in [1.29, 1.82) is 0 Å². The van der Waals surface area contributed by atoms with E-state index in [0.29, 0.717) is 57.7 Å². The first-order chi connectivity index (χ1) is 12.0. The molecular weight excluding hydrogens is 322 g/mol. The first-order valence-electron chi connectivity index (χ1n) is 9.49. The SMILES string of the molecule is COCCOCCOCCC(=O)NCC1CCC(C(=O)C(C)C)CC1.[HH]. The second-order valence-electron chi connectivity index (χ2n) is 7.05. The van der Waals surface area contributed by atoms with Crippen LogP contribution in [0.3, 0.4) is 0 Å². The molecule has 0 spiro atoms. The van der Waals surface area contributed by atoms with Gasteiger partial charge in [0.15, 0.2) is 0 Å². The van der Waals surface area contributed by atoms with Crippen molar-refractivity contribution in [1.82, 2.24) is 5.32 Å². The Bertz CT molecular complexity index is 384. The van der Waals surface area contributed by atoms with Gasteiger partial charge in [0, 0.05) is 33.3 Å². The number of hydrogen-bond donors (Lipinski definition) is 1. The number of amides is 1. The van der Waals surface area contributed by atoms with Gasteiger partial charge < -0.3 is 19.5 Å². The highest BCUT2D eigenvalue weighted by Gasteiger charge is 2.27. The lowest BCUT2D eigenvalue weighted by Gasteiger charge is -2.28. The van der Waals surface area contributed by atoms with Crippen LogP contribution in [-0.2, 0) is 23.8 Å². The van der Waals surface area contributed by atoms with Crippen LogP contribution in [0.1, 0.15) is 47.4 Å². The van der Waals surface area contributed by atoms with Crippen molar-refractivity contribution in [2.45, 2.75) is 46.0 Å². The third-order valence-electron chi connectivity index (χ3n) is 4.68. The van der Waals surface area contributed by atoms with Crippen molar-refractivity contribution in [3.63, 3.8) is 0 Å². The number of ether oxygens (including phenoxy) is 3. The van der Waals surface area contributed by atoms with Gasteiger partial charge in [-0.25, -0.2) is 0 Å². The zero-order valence-corrected chi connectivity index (χ0v) is 16.1. The predicted molar refractivity (Wildman–Crippen MR) is 98.5 cm³/mol. The smallest absolute Gasteiger partial charge is 0.222 e. The normalized spacial score (nSPS) is 20.6. The van der Waals surface area contributed by atoms with Gasteiger partial charge in [-0.15, -0.1) is 0 Å². The number of methoxy groups -OCH3 is 1. The standard InChI is InChI=1S/C19H35NO5.H2/c1-15(2)19(22)17-6-4-16(5-7-17)14-20-18(21)8-9-24-12-13-25-11-10-23-3;/h15-17H,4-14H2,1-3H3,(H,20,21);1H. The number of carbonyl (C=O) groups excluding carboxylic acids is 2. The van der Waals surface area contributed by atoms with E-state index < -0.39 is 0 Å². The molecule has 0 aromatic carbocycles. The molecule has 0 heterocycles. The quantitative estimate of drug-likeness (QED) is 0.511. The van der Waals surface area contributed by atoms with Crippen molar-refractivity contribution in [2.24, 2.45) is 17.8 Å². The Morgan fingerprint density at radius 2 is 1.60 bits per heavy atom. The average Bonchev–Trinajstić information content (AvgIpc) is 2.62. The van der Waals surface area contributed by atoms with E-state index in [1.807, 2.05) is 13.8 Å². The van der Waals surface area contributed by atoms with E-state index in [2.05, 4.69) is 5.32 Å². The lowest BCUT2D eigenvalue weighted by Crippen LogP contribution is -2.33. The highest BCUT2D eigenvalue weighted by atomic mass is 16.5. The monoisotopic (exact) mass is 359 g/mol. The van der Waals surface area contributed by atoms with Gasteiger partial charge in [0.1, 0.15) is 5.78 Å². The summed E-state index contributed by atoms with van der Waals surface area (Å²) in [5.41, 5.74) is 0.